The molecule has 2 aliphatic heterocycles. The number of anilines is 2. The summed E-state index contributed by atoms with van der Waals surface area (Å²) in [6.07, 6.45) is 1.92. The molecule has 0 bridgehead atoms. The van der Waals surface area contributed by atoms with Crippen LogP contribution < -0.4 is 14.9 Å². The highest BCUT2D eigenvalue weighted by Crippen LogP contribution is 2.25. The van der Waals surface area contributed by atoms with E-state index in [9.17, 15) is 13.2 Å². The van der Waals surface area contributed by atoms with Gasteiger partial charge in [-0.2, -0.15) is 0 Å². The van der Waals surface area contributed by atoms with E-state index in [4.69, 9.17) is 9.88 Å². The third-order valence-corrected chi connectivity index (χ3v) is 4.99. The van der Waals surface area contributed by atoms with Crippen molar-refractivity contribution < 1.29 is 17.9 Å². The predicted octanol–water partition coefficient (Wildman–Crippen LogP) is -0.440. The van der Waals surface area contributed by atoms with Crippen LogP contribution in [0.1, 0.15) is 6.42 Å². The second-order valence-electron chi connectivity index (χ2n) is 5.88. The molecule has 1 aromatic rings. The molecule has 1 atom stereocenters. The standard InChI is InChI=1S/C14H20N4O4S/c15-23(20,21)10-11-7-14(19)18(9-11)13-2-1-12(8-16-13)17-3-5-22-6-4-17/h1-2,8,11H,3-7,9-10H2,(H2,15,20,21). The van der Waals surface area contributed by atoms with Crippen molar-refractivity contribution in [3.8, 4) is 0 Å². The summed E-state index contributed by atoms with van der Waals surface area (Å²) in [7, 11) is -3.58. The molecule has 9 heteroatoms. The normalized spacial score (nSPS) is 22.7. The summed E-state index contributed by atoms with van der Waals surface area (Å²) in [6, 6.07) is 3.72. The molecule has 23 heavy (non-hydrogen) atoms. The number of hydrogen-bond acceptors (Lipinski definition) is 6. The Hall–Kier alpha value is -1.71. The van der Waals surface area contributed by atoms with Crippen LogP contribution in [-0.2, 0) is 19.6 Å². The first-order valence-electron chi connectivity index (χ1n) is 7.52. The Balaban J connectivity index is 1.68. The molecule has 2 N–H and O–H groups in total. The van der Waals surface area contributed by atoms with E-state index in [1.807, 2.05) is 6.07 Å². The quantitative estimate of drug-likeness (QED) is 0.796. The van der Waals surface area contributed by atoms with E-state index in [0.717, 1.165) is 18.8 Å². The molecule has 2 fully saturated rings. The van der Waals surface area contributed by atoms with Gasteiger partial charge in [0.05, 0.1) is 30.9 Å². The summed E-state index contributed by atoms with van der Waals surface area (Å²) < 4.78 is 27.7. The third kappa shape index (κ3) is 3.98. The van der Waals surface area contributed by atoms with Crippen LogP contribution in [0, 0.1) is 5.92 Å². The lowest BCUT2D eigenvalue weighted by Gasteiger charge is -2.28. The van der Waals surface area contributed by atoms with Crippen LogP contribution in [0.25, 0.3) is 0 Å². The minimum Gasteiger partial charge on any atom is -0.378 e. The first-order chi connectivity index (χ1) is 10.9. The van der Waals surface area contributed by atoms with Gasteiger partial charge < -0.3 is 9.64 Å². The van der Waals surface area contributed by atoms with Gasteiger partial charge in [0.2, 0.25) is 15.9 Å². The lowest BCUT2D eigenvalue weighted by atomic mass is 10.1. The average molecular weight is 340 g/mol. The Bertz CT molecular complexity index is 671. The number of amides is 1. The zero-order chi connectivity index (χ0) is 16.4. The maximum Gasteiger partial charge on any atom is 0.228 e. The van der Waals surface area contributed by atoms with Gasteiger partial charge in [-0.1, -0.05) is 0 Å². The summed E-state index contributed by atoms with van der Waals surface area (Å²) in [5.74, 6) is -0.0337. The Morgan fingerprint density at radius 1 is 1.30 bits per heavy atom. The van der Waals surface area contributed by atoms with Gasteiger partial charge in [0, 0.05) is 32.0 Å². The molecule has 0 saturated carbocycles. The zero-order valence-corrected chi connectivity index (χ0v) is 13.5. The lowest BCUT2D eigenvalue weighted by molar-refractivity contribution is -0.117. The van der Waals surface area contributed by atoms with E-state index in [2.05, 4.69) is 9.88 Å². The Kier molecular flexibility index (Phi) is 4.51. The fraction of sp³-hybridized carbons (Fsp3) is 0.571. The summed E-state index contributed by atoms with van der Waals surface area (Å²) in [5, 5.41) is 5.06. The van der Waals surface area contributed by atoms with Gasteiger partial charge in [0.1, 0.15) is 5.82 Å². The summed E-state index contributed by atoms with van der Waals surface area (Å²) in [4.78, 5) is 20.1. The summed E-state index contributed by atoms with van der Waals surface area (Å²) in [5.41, 5.74) is 0.991. The second kappa shape index (κ2) is 6.42. The number of pyridine rings is 1. The van der Waals surface area contributed by atoms with Crippen molar-refractivity contribution in [1.29, 1.82) is 0 Å². The van der Waals surface area contributed by atoms with Crippen LogP contribution in [0.5, 0.6) is 0 Å². The number of hydrogen-bond donors (Lipinski definition) is 1. The van der Waals surface area contributed by atoms with Gasteiger partial charge >= 0.3 is 0 Å². The number of rotatable bonds is 4. The minimum atomic E-state index is -3.58. The van der Waals surface area contributed by atoms with Crippen LogP contribution in [-0.4, -0.2) is 57.9 Å². The van der Waals surface area contributed by atoms with Crippen LogP contribution >= 0.6 is 0 Å². The topological polar surface area (TPSA) is 106 Å². The fourth-order valence-corrected chi connectivity index (χ4v) is 3.87. The molecule has 1 aromatic heterocycles. The number of morpholine rings is 1. The molecule has 126 valence electrons. The third-order valence-electron chi connectivity index (χ3n) is 4.06. The number of carbonyl (C=O) groups excluding carboxylic acids is 1. The number of ether oxygens (including phenoxy) is 1. The van der Waals surface area contributed by atoms with Gasteiger partial charge in [-0.05, 0) is 12.1 Å². The van der Waals surface area contributed by atoms with Gasteiger partial charge in [-0.25, -0.2) is 18.5 Å². The molecule has 2 saturated heterocycles. The van der Waals surface area contributed by atoms with Crippen molar-refractivity contribution in [2.24, 2.45) is 11.1 Å². The molecule has 1 amide bonds. The first kappa shape index (κ1) is 16.2. The van der Waals surface area contributed by atoms with Gasteiger partial charge in [0.25, 0.3) is 0 Å². The van der Waals surface area contributed by atoms with E-state index < -0.39 is 10.0 Å². The van der Waals surface area contributed by atoms with Crippen LogP contribution in [0.3, 0.4) is 0 Å². The number of nitrogens with two attached hydrogens (primary N) is 1. The van der Waals surface area contributed by atoms with Crippen LogP contribution in [0.15, 0.2) is 18.3 Å². The van der Waals surface area contributed by atoms with Crippen molar-refractivity contribution in [2.75, 3.05) is 48.4 Å². The average Bonchev–Trinajstić information content (AvgIpc) is 2.87. The predicted molar refractivity (Wildman–Crippen MR) is 85.7 cm³/mol. The fourth-order valence-electron chi connectivity index (χ4n) is 2.99. The van der Waals surface area contributed by atoms with E-state index in [0.29, 0.717) is 25.6 Å². The van der Waals surface area contributed by atoms with Crippen molar-refractivity contribution in [1.82, 2.24) is 4.98 Å². The van der Waals surface area contributed by atoms with Crippen molar-refractivity contribution in [3.63, 3.8) is 0 Å². The molecule has 2 aliphatic rings. The smallest absolute Gasteiger partial charge is 0.228 e. The lowest BCUT2D eigenvalue weighted by Crippen LogP contribution is -2.36. The van der Waals surface area contributed by atoms with E-state index in [1.165, 1.54) is 4.90 Å². The molecular formula is C14H20N4O4S. The zero-order valence-electron chi connectivity index (χ0n) is 12.7. The number of primary sulfonamides is 1. The van der Waals surface area contributed by atoms with E-state index in [1.54, 1.807) is 12.3 Å². The Labute approximate surface area is 135 Å². The summed E-state index contributed by atoms with van der Waals surface area (Å²) in [6.45, 7) is 3.36. The van der Waals surface area contributed by atoms with E-state index in [-0.39, 0.29) is 24.0 Å². The summed E-state index contributed by atoms with van der Waals surface area (Å²) >= 11 is 0. The Morgan fingerprint density at radius 2 is 2.04 bits per heavy atom. The second-order valence-corrected chi connectivity index (χ2v) is 7.54. The molecular weight excluding hydrogens is 320 g/mol. The largest absolute Gasteiger partial charge is 0.378 e. The maximum absolute atomic E-state index is 12.1. The van der Waals surface area contributed by atoms with Gasteiger partial charge in [-0.3, -0.25) is 9.69 Å². The highest BCUT2D eigenvalue weighted by atomic mass is 32.2. The monoisotopic (exact) mass is 340 g/mol. The molecule has 8 nitrogen and oxygen atoms in total. The van der Waals surface area contributed by atoms with Crippen molar-refractivity contribution >= 4 is 27.4 Å². The number of sulfonamides is 1. The van der Waals surface area contributed by atoms with E-state index >= 15 is 0 Å². The maximum atomic E-state index is 12.1. The van der Waals surface area contributed by atoms with Crippen molar-refractivity contribution in [3.05, 3.63) is 18.3 Å². The highest BCUT2D eigenvalue weighted by molar-refractivity contribution is 7.89. The van der Waals surface area contributed by atoms with Crippen LogP contribution in [0.4, 0.5) is 11.5 Å². The Morgan fingerprint density at radius 3 is 2.65 bits per heavy atom. The number of nitrogens with zero attached hydrogens (tertiary/aromatic N) is 3. The van der Waals surface area contributed by atoms with Crippen molar-refractivity contribution in [2.45, 2.75) is 6.42 Å². The van der Waals surface area contributed by atoms with Gasteiger partial charge in [-0.15, -0.1) is 0 Å². The number of aromatic nitrogens is 1. The molecule has 0 radical (unpaired) electrons. The molecule has 3 heterocycles. The number of carbonyl (C=O) groups is 1. The highest BCUT2D eigenvalue weighted by Gasteiger charge is 2.33. The molecule has 1 unspecified atom stereocenters. The molecule has 3 rings (SSSR count). The SMILES string of the molecule is NS(=O)(=O)CC1CC(=O)N(c2ccc(N3CCOCC3)cn2)C1. The van der Waals surface area contributed by atoms with Gasteiger partial charge in [0.15, 0.2) is 0 Å². The first-order valence-corrected chi connectivity index (χ1v) is 9.23. The minimum absolute atomic E-state index is 0.120. The van der Waals surface area contributed by atoms with Crippen LogP contribution in [0.2, 0.25) is 0 Å². The molecule has 0 aliphatic carbocycles. The molecule has 0 aromatic carbocycles. The molecule has 0 spiro atoms.